The van der Waals surface area contributed by atoms with Crippen LogP contribution >= 0.6 is 0 Å². The summed E-state index contributed by atoms with van der Waals surface area (Å²) in [6, 6.07) is 8.39. The van der Waals surface area contributed by atoms with Crippen LogP contribution in [0.2, 0.25) is 0 Å². The molecule has 0 aliphatic rings. The summed E-state index contributed by atoms with van der Waals surface area (Å²) in [7, 11) is -2.06. The van der Waals surface area contributed by atoms with Gasteiger partial charge >= 0.3 is 0 Å². The Morgan fingerprint density at radius 2 is 1.84 bits per heavy atom. The van der Waals surface area contributed by atoms with Gasteiger partial charge < -0.3 is 5.11 Å². The number of sulfonamides is 1. The topological polar surface area (TPSA) is 81.4 Å². The van der Waals surface area contributed by atoms with E-state index in [0.717, 1.165) is 0 Å². The number of benzene rings is 1. The van der Waals surface area contributed by atoms with E-state index in [2.05, 4.69) is 0 Å². The van der Waals surface area contributed by atoms with Gasteiger partial charge in [0, 0.05) is 7.05 Å². The lowest BCUT2D eigenvalue weighted by Crippen LogP contribution is -2.47. The van der Waals surface area contributed by atoms with Crippen molar-refractivity contribution in [1.82, 2.24) is 4.31 Å². The first-order valence-corrected chi connectivity index (χ1v) is 7.40. The van der Waals surface area contributed by atoms with E-state index in [1.165, 1.54) is 11.4 Å². The van der Waals surface area contributed by atoms with E-state index in [1.54, 1.807) is 38.1 Å². The van der Waals surface area contributed by atoms with E-state index in [-0.39, 0.29) is 12.4 Å². The summed E-state index contributed by atoms with van der Waals surface area (Å²) < 4.78 is 25.6. The van der Waals surface area contributed by atoms with Gasteiger partial charge in [0.2, 0.25) is 10.0 Å². The van der Waals surface area contributed by atoms with E-state index in [1.807, 2.05) is 6.07 Å². The molecule has 1 rings (SSSR count). The second-order valence-corrected chi connectivity index (χ2v) is 7.00. The molecule has 1 aromatic rings. The Morgan fingerprint density at radius 1 is 1.32 bits per heavy atom. The predicted molar refractivity (Wildman–Crippen MR) is 72.7 cm³/mol. The Kier molecular flexibility index (Phi) is 4.69. The van der Waals surface area contributed by atoms with Crippen LogP contribution in [-0.4, -0.2) is 37.0 Å². The normalized spacial score (nSPS) is 12.4. The summed E-state index contributed by atoms with van der Waals surface area (Å²) in [5.74, 6) is -0.154. The molecule has 104 valence electrons. The maximum atomic E-state index is 12.2. The van der Waals surface area contributed by atoms with Crippen LogP contribution in [0.3, 0.4) is 0 Å². The molecule has 0 aliphatic heterocycles. The number of nitrogens with zero attached hydrogens (tertiary/aromatic N) is 2. The fourth-order valence-corrected chi connectivity index (χ4v) is 3.08. The first-order chi connectivity index (χ1) is 8.73. The van der Waals surface area contributed by atoms with Crippen molar-refractivity contribution in [3.63, 3.8) is 0 Å². The van der Waals surface area contributed by atoms with Crippen molar-refractivity contribution in [3.05, 3.63) is 35.4 Å². The van der Waals surface area contributed by atoms with Gasteiger partial charge in [0.1, 0.15) is 0 Å². The van der Waals surface area contributed by atoms with Gasteiger partial charge in [-0.1, -0.05) is 12.1 Å². The standard InChI is InChI=1S/C13H18N2O3S/c1-13(2,10-16)15(3)19(17,18)9-12-6-4-11(8-14)5-7-12/h4-7,16H,9-10H2,1-3H3. The van der Waals surface area contributed by atoms with E-state index >= 15 is 0 Å². The molecule has 0 saturated carbocycles. The zero-order valence-corrected chi connectivity index (χ0v) is 12.1. The minimum absolute atomic E-state index is 0.154. The van der Waals surface area contributed by atoms with Crippen molar-refractivity contribution in [3.8, 4) is 6.07 Å². The third-order valence-corrected chi connectivity index (χ3v) is 5.12. The number of hydrogen-bond acceptors (Lipinski definition) is 4. The van der Waals surface area contributed by atoms with Gasteiger partial charge in [-0.05, 0) is 31.5 Å². The van der Waals surface area contributed by atoms with Crippen LogP contribution in [0, 0.1) is 11.3 Å². The van der Waals surface area contributed by atoms with Gasteiger partial charge in [-0.3, -0.25) is 0 Å². The number of likely N-dealkylation sites (N-methyl/N-ethyl adjacent to an activating group) is 1. The van der Waals surface area contributed by atoms with Crippen molar-refractivity contribution in [2.24, 2.45) is 0 Å². The second kappa shape index (κ2) is 5.70. The maximum absolute atomic E-state index is 12.2. The molecule has 1 aromatic carbocycles. The lowest BCUT2D eigenvalue weighted by molar-refractivity contribution is 0.138. The molecule has 0 atom stereocenters. The van der Waals surface area contributed by atoms with Crippen molar-refractivity contribution < 1.29 is 13.5 Å². The molecule has 0 amide bonds. The summed E-state index contributed by atoms with van der Waals surface area (Å²) in [6.07, 6.45) is 0. The lowest BCUT2D eigenvalue weighted by atomic mass is 10.1. The van der Waals surface area contributed by atoms with Crippen molar-refractivity contribution in [1.29, 1.82) is 5.26 Å². The Hall–Kier alpha value is -1.42. The number of aliphatic hydroxyl groups excluding tert-OH is 1. The number of aliphatic hydroxyl groups is 1. The van der Waals surface area contributed by atoms with Gasteiger partial charge in [-0.25, -0.2) is 8.42 Å². The lowest BCUT2D eigenvalue weighted by Gasteiger charge is -2.32. The molecule has 0 heterocycles. The highest BCUT2D eigenvalue weighted by Gasteiger charge is 2.32. The monoisotopic (exact) mass is 282 g/mol. The fraction of sp³-hybridized carbons (Fsp3) is 0.462. The van der Waals surface area contributed by atoms with Gasteiger partial charge in [-0.2, -0.15) is 9.57 Å². The molecule has 6 heteroatoms. The summed E-state index contributed by atoms with van der Waals surface area (Å²) >= 11 is 0. The molecule has 0 unspecified atom stereocenters. The maximum Gasteiger partial charge on any atom is 0.218 e. The molecule has 1 N–H and O–H groups in total. The highest BCUT2D eigenvalue weighted by atomic mass is 32.2. The Balaban J connectivity index is 2.94. The van der Waals surface area contributed by atoms with Crippen LogP contribution in [0.25, 0.3) is 0 Å². The Bertz CT molecular complexity index is 571. The third kappa shape index (κ3) is 3.77. The van der Waals surface area contributed by atoms with Gasteiger partial charge in [0.05, 0.1) is 29.5 Å². The predicted octanol–water partition coefficient (Wildman–Crippen LogP) is 1.09. The average Bonchev–Trinajstić information content (AvgIpc) is 2.38. The van der Waals surface area contributed by atoms with E-state index in [9.17, 15) is 13.5 Å². The fourth-order valence-electron chi connectivity index (χ4n) is 1.46. The summed E-state index contributed by atoms with van der Waals surface area (Å²) in [5.41, 5.74) is 0.260. The molecule has 0 fully saturated rings. The summed E-state index contributed by atoms with van der Waals surface area (Å²) in [5, 5.41) is 17.9. The van der Waals surface area contributed by atoms with Gasteiger partial charge in [-0.15, -0.1) is 0 Å². The molecule has 0 aromatic heterocycles. The SMILES string of the molecule is CN(C(C)(C)CO)S(=O)(=O)Cc1ccc(C#N)cc1. The molecule has 0 spiro atoms. The number of hydrogen-bond donors (Lipinski definition) is 1. The highest BCUT2D eigenvalue weighted by Crippen LogP contribution is 2.19. The molecular weight excluding hydrogens is 264 g/mol. The second-order valence-electron chi connectivity index (χ2n) is 5.00. The molecule has 0 radical (unpaired) electrons. The van der Waals surface area contributed by atoms with Gasteiger partial charge in [0.15, 0.2) is 0 Å². The number of rotatable bonds is 5. The highest BCUT2D eigenvalue weighted by molar-refractivity contribution is 7.88. The number of nitriles is 1. The van der Waals surface area contributed by atoms with Crippen LogP contribution in [0.4, 0.5) is 0 Å². The zero-order chi connectivity index (χ0) is 14.7. The van der Waals surface area contributed by atoms with Crippen LogP contribution in [0.5, 0.6) is 0 Å². The minimum Gasteiger partial charge on any atom is -0.394 e. The zero-order valence-electron chi connectivity index (χ0n) is 11.3. The van der Waals surface area contributed by atoms with E-state index in [4.69, 9.17) is 5.26 Å². The molecular formula is C13H18N2O3S. The van der Waals surface area contributed by atoms with Crippen molar-refractivity contribution in [2.75, 3.05) is 13.7 Å². The summed E-state index contributed by atoms with van der Waals surface area (Å²) in [4.78, 5) is 0. The quantitative estimate of drug-likeness (QED) is 0.876. The molecule has 0 bridgehead atoms. The largest absolute Gasteiger partial charge is 0.394 e. The Labute approximate surface area is 114 Å². The smallest absolute Gasteiger partial charge is 0.218 e. The van der Waals surface area contributed by atoms with Crippen LogP contribution in [-0.2, 0) is 15.8 Å². The molecule has 0 aliphatic carbocycles. The first-order valence-electron chi connectivity index (χ1n) is 5.79. The molecule has 5 nitrogen and oxygen atoms in total. The minimum atomic E-state index is -3.51. The Morgan fingerprint density at radius 3 is 2.26 bits per heavy atom. The molecule has 19 heavy (non-hydrogen) atoms. The summed E-state index contributed by atoms with van der Waals surface area (Å²) in [6.45, 7) is 3.06. The molecule has 0 saturated heterocycles. The average molecular weight is 282 g/mol. The van der Waals surface area contributed by atoms with E-state index in [0.29, 0.717) is 11.1 Å². The van der Waals surface area contributed by atoms with Crippen molar-refractivity contribution in [2.45, 2.75) is 25.1 Å². The first kappa shape index (κ1) is 15.6. The van der Waals surface area contributed by atoms with Crippen molar-refractivity contribution >= 4 is 10.0 Å². The van der Waals surface area contributed by atoms with Crippen LogP contribution < -0.4 is 0 Å². The van der Waals surface area contributed by atoms with E-state index < -0.39 is 15.6 Å². The third-order valence-electron chi connectivity index (χ3n) is 3.09. The van der Waals surface area contributed by atoms with Crippen LogP contribution in [0.15, 0.2) is 24.3 Å². The van der Waals surface area contributed by atoms with Gasteiger partial charge in [0.25, 0.3) is 0 Å². The van der Waals surface area contributed by atoms with Crippen LogP contribution in [0.1, 0.15) is 25.0 Å².